The summed E-state index contributed by atoms with van der Waals surface area (Å²) in [4.78, 5) is 24.3. The lowest BCUT2D eigenvalue weighted by Gasteiger charge is -2.13. The molecule has 8 heteroatoms. The fraction of sp³-hybridized carbons (Fsp3) is 0.933. The van der Waals surface area contributed by atoms with Crippen LogP contribution in [0.3, 0.4) is 0 Å². The van der Waals surface area contributed by atoms with E-state index in [9.17, 15) is 22.6 Å². The van der Waals surface area contributed by atoms with Crippen molar-refractivity contribution < 1.29 is 32.0 Å². The van der Waals surface area contributed by atoms with Crippen molar-refractivity contribution in [3.05, 3.63) is 0 Å². The molecule has 1 N–H and O–H groups in total. The first-order valence-corrected chi connectivity index (χ1v) is 16.8. The highest BCUT2D eigenvalue weighted by Crippen LogP contribution is 2.15. The van der Waals surface area contributed by atoms with Gasteiger partial charge in [-0.3, -0.25) is 14.1 Å². The monoisotopic (exact) mass is 562 g/mol. The number of ether oxygens (including phenoxy) is 2. The van der Waals surface area contributed by atoms with E-state index in [4.69, 9.17) is 9.47 Å². The first-order valence-electron chi connectivity index (χ1n) is 15.3. The summed E-state index contributed by atoms with van der Waals surface area (Å²) in [6.45, 7) is 9.25. The lowest BCUT2D eigenvalue weighted by atomic mass is 10.0. The number of hydrogen-bond acceptors (Lipinski definition) is 6. The van der Waals surface area contributed by atoms with Crippen LogP contribution in [0.25, 0.3) is 0 Å². The Hall–Kier alpha value is -1.15. The molecule has 0 fully saturated rings. The van der Waals surface area contributed by atoms with Crippen molar-refractivity contribution in [1.29, 1.82) is 0 Å². The zero-order valence-corrected chi connectivity index (χ0v) is 25.7. The van der Waals surface area contributed by atoms with Gasteiger partial charge in [-0.2, -0.15) is 8.42 Å². The number of hydrogen-bond donors (Lipinski definition) is 1. The van der Waals surface area contributed by atoms with Gasteiger partial charge in [0.2, 0.25) is 0 Å². The van der Waals surface area contributed by atoms with Crippen LogP contribution in [-0.2, 0) is 29.2 Å². The predicted octanol–water partition coefficient (Wildman–Crippen LogP) is 8.05. The molecule has 1 unspecified atom stereocenters. The minimum absolute atomic E-state index is 0.0754. The van der Waals surface area contributed by atoms with E-state index in [-0.39, 0.29) is 13.2 Å². The molecule has 1 atom stereocenters. The standard InChI is InChI=1S/C30H58O7S/c1-26(2)21-17-13-9-5-7-11-15-19-23-36-29(31)25-28(38(33,34)35)30(32)37-24-20-16-12-8-6-10-14-18-22-27(3)4/h26-28H,5-25H2,1-4H3,(H,33,34,35). The van der Waals surface area contributed by atoms with Crippen molar-refractivity contribution in [2.75, 3.05) is 13.2 Å². The molecule has 0 heterocycles. The Morgan fingerprint density at radius 3 is 1.29 bits per heavy atom. The van der Waals surface area contributed by atoms with Crippen LogP contribution < -0.4 is 0 Å². The molecule has 0 radical (unpaired) electrons. The quantitative estimate of drug-likeness (QED) is 0.0645. The van der Waals surface area contributed by atoms with Gasteiger partial charge >= 0.3 is 11.9 Å². The minimum atomic E-state index is -4.76. The van der Waals surface area contributed by atoms with E-state index in [0.29, 0.717) is 12.8 Å². The van der Waals surface area contributed by atoms with Crippen LogP contribution in [0.15, 0.2) is 0 Å². The lowest BCUT2D eigenvalue weighted by Crippen LogP contribution is -2.34. The number of carbonyl (C=O) groups is 2. The van der Waals surface area contributed by atoms with Crippen LogP contribution in [0.4, 0.5) is 0 Å². The van der Waals surface area contributed by atoms with Gasteiger partial charge in [0, 0.05) is 0 Å². The van der Waals surface area contributed by atoms with Gasteiger partial charge in [0.1, 0.15) is 0 Å². The van der Waals surface area contributed by atoms with Crippen molar-refractivity contribution >= 4 is 22.1 Å². The molecule has 0 aliphatic heterocycles. The number of unbranched alkanes of at least 4 members (excludes halogenated alkanes) is 14. The van der Waals surface area contributed by atoms with Gasteiger partial charge in [-0.25, -0.2) is 0 Å². The molecule has 0 aromatic carbocycles. The fourth-order valence-corrected chi connectivity index (χ4v) is 5.06. The summed E-state index contributed by atoms with van der Waals surface area (Å²) in [6, 6.07) is 0. The predicted molar refractivity (Wildman–Crippen MR) is 155 cm³/mol. The number of rotatable bonds is 26. The van der Waals surface area contributed by atoms with Crippen molar-refractivity contribution in [3.8, 4) is 0 Å². The Balaban J connectivity index is 3.91. The van der Waals surface area contributed by atoms with Crippen LogP contribution in [0.1, 0.15) is 150 Å². The summed E-state index contributed by atoms with van der Waals surface area (Å²) in [5.74, 6) is -0.372. The highest BCUT2D eigenvalue weighted by atomic mass is 32.2. The van der Waals surface area contributed by atoms with E-state index in [2.05, 4.69) is 27.7 Å². The number of esters is 2. The Morgan fingerprint density at radius 1 is 0.579 bits per heavy atom. The molecule has 38 heavy (non-hydrogen) atoms. The van der Waals surface area contributed by atoms with Gasteiger partial charge in [0.15, 0.2) is 5.25 Å². The normalized spacial score (nSPS) is 12.7. The third kappa shape index (κ3) is 23.9. The van der Waals surface area contributed by atoms with Crippen molar-refractivity contribution in [2.24, 2.45) is 11.8 Å². The van der Waals surface area contributed by atoms with Crippen LogP contribution in [-0.4, -0.2) is 43.4 Å². The zero-order chi connectivity index (χ0) is 28.7. The maximum atomic E-state index is 12.2. The van der Waals surface area contributed by atoms with Gasteiger partial charge in [-0.15, -0.1) is 0 Å². The molecule has 0 rings (SSSR count). The van der Waals surface area contributed by atoms with Crippen molar-refractivity contribution in [3.63, 3.8) is 0 Å². The molecule has 0 aliphatic carbocycles. The zero-order valence-electron chi connectivity index (χ0n) is 24.9. The highest BCUT2D eigenvalue weighted by Gasteiger charge is 2.35. The maximum absolute atomic E-state index is 12.2. The minimum Gasteiger partial charge on any atom is -0.466 e. The molecular formula is C30H58O7S. The topological polar surface area (TPSA) is 107 Å². The van der Waals surface area contributed by atoms with Gasteiger partial charge < -0.3 is 9.47 Å². The second kappa shape index (κ2) is 23.7. The summed E-state index contributed by atoms with van der Waals surface area (Å²) in [7, 11) is -4.76. The van der Waals surface area contributed by atoms with E-state index in [1.54, 1.807) is 0 Å². The fourth-order valence-electron chi connectivity index (χ4n) is 4.40. The molecule has 0 bridgehead atoms. The first-order chi connectivity index (χ1) is 18.0. The SMILES string of the molecule is CC(C)CCCCCCCCCCOC(=O)CC(C(=O)OCCCCCCCCCCC(C)C)S(=O)(=O)O. The Bertz CT molecular complexity index is 689. The second-order valence-corrected chi connectivity index (χ2v) is 13.2. The average Bonchev–Trinajstić information content (AvgIpc) is 2.83. The first kappa shape index (κ1) is 36.8. The molecule has 0 spiro atoms. The molecule has 226 valence electrons. The van der Waals surface area contributed by atoms with E-state index in [1.165, 1.54) is 64.2 Å². The molecule has 0 aromatic heterocycles. The summed E-state index contributed by atoms with van der Waals surface area (Å²) in [5.41, 5.74) is 0. The summed E-state index contributed by atoms with van der Waals surface area (Å²) < 4.78 is 42.9. The highest BCUT2D eigenvalue weighted by molar-refractivity contribution is 7.87. The molecule has 7 nitrogen and oxygen atoms in total. The van der Waals surface area contributed by atoms with Crippen LogP contribution >= 0.6 is 0 Å². The molecule has 0 saturated carbocycles. The Morgan fingerprint density at radius 2 is 0.921 bits per heavy atom. The smallest absolute Gasteiger partial charge is 0.327 e. The van der Waals surface area contributed by atoms with Crippen molar-refractivity contribution in [2.45, 2.75) is 155 Å². The number of carbonyl (C=O) groups excluding carboxylic acids is 2. The Kier molecular flexibility index (Phi) is 23.0. The molecular weight excluding hydrogens is 504 g/mol. The molecule has 0 aliphatic rings. The van der Waals surface area contributed by atoms with E-state index in [0.717, 1.165) is 50.4 Å². The van der Waals surface area contributed by atoms with Crippen LogP contribution in [0.2, 0.25) is 0 Å². The second-order valence-electron chi connectivity index (χ2n) is 11.6. The summed E-state index contributed by atoms with van der Waals surface area (Å²) in [5, 5.41) is -1.93. The largest absolute Gasteiger partial charge is 0.466 e. The summed E-state index contributed by atoms with van der Waals surface area (Å²) >= 11 is 0. The Labute approximate surface area is 234 Å². The van der Waals surface area contributed by atoms with Gasteiger partial charge in [-0.05, 0) is 24.7 Å². The molecule has 0 amide bonds. The summed E-state index contributed by atoms with van der Waals surface area (Å²) in [6.07, 6.45) is 19.4. The molecule has 0 aromatic rings. The van der Waals surface area contributed by atoms with Crippen LogP contribution in [0, 0.1) is 11.8 Å². The maximum Gasteiger partial charge on any atom is 0.327 e. The van der Waals surface area contributed by atoms with Crippen molar-refractivity contribution in [1.82, 2.24) is 0 Å². The van der Waals surface area contributed by atoms with E-state index >= 15 is 0 Å². The lowest BCUT2D eigenvalue weighted by molar-refractivity contribution is -0.150. The van der Waals surface area contributed by atoms with E-state index < -0.39 is 33.7 Å². The van der Waals surface area contributed by atoms with Gasteiger partial charge in [0.05, 0.1) is 19.6 Å². The average molecular weight is 563 g/mol. The van der Waals surface area contributed by atoms with E-state index in [1.807, 2.05) is 0 Å². The van der Waals surface area contributed by atoms with Gasteiger partial charge in [0.25, 0.3) is 10.1 Å². The van der Waals surface area contributed by atoms with Gasteiger partial charge in [-0.1, -0.05) is 130 Å². The third-order valence-electron chi connectivity index (χ3n) is 6.83. The molecule has 0 saturated heterocycles. The van der Waals surface area contributed by atoms with Crippen LogP contribution in [0.5, 0.6) is 0 Å². The third-order valence-corrected chi connectivity index (χ3v) is 7.91.